The number of benzene rings is 1. The second-order valence-electron chi connectivity index (χ2n) is 4.06. The molecule has 0 aliphatic carbocycles. The van der Waals surface area contributed by atoms with Gasteiger partial charge in [0, 0.05) is 16.6 Å². The van der Waals surface area contributed by atoms with Crippen LogP contribution in [0.3, 0.4) is 0 Å². The van der Waals surface area contributed by atoms with Crippen LogP contribution >= 0.6 is 11.3 Å². The van der Waals surface area contributed by atoms with E-state index in [0.717, 1.165) is 11.3 Å². The number of carbonyl (C=O) groups is 1. The maximum atomic E-state index is 13.7. The molecule has 2 rings (SSSR count). The predicted molar refractivity (Wildman–Crippen MR) is 78.4 cm³/mol. The Morgan fingerprint density at radius 2 is 2.29 bits per heavy atom. The average Bonchev–Trinajstić information content (AvgIpc) is 2.89. The summed E-state index contributed by atoms with van der Waals surface area (Å²) < 4.78 is 13.7. The monoisotopic (exact) mass is 305 g/mol. The van der Waals surface area contributed by atoms with E-state index in [4.69, 9.17) is 5.73 Å². The van der Waals surface area contributed by atoms with Gasteiger partial charge in [-0.1, -0.05) is 23.2 Å². The van der Waals surface area contributed by atoms with E-state index in [1.54, 1.807) is 5.38 Å². The molecule has 0 fully saturated rings. The van der Waals surface area contributed by atoms with Crippen LogP contribution in [0, 0.1) is 17.7 Å². The van der Waals surface area contributed by atoms with Crippen molar-refractivity contribution in [1.82, 2.24) is 10.3 Å². The Balaban J connectivity index is 2.12. The Kier molecular flexibility index (Phi) is 4.87. The molecule has 5 nitrogen and oxygen atoms in total. The van der Waals surface area contributed by atoms with E-state index < -0.39 is 11.7 Å². The van der Waals surface area contributed by atoms with Crippen LogP contribution in [0.25, 0.3) is 0 Å². The van der Waals surface area contributed by atoms with Gasteiger partial charge >= 0.3 is 4.87 Å². The molecule has 0 atom stereocenters. The first-order chi connectivity index (χ1) is 10.1. The third kappa shape index (κ3) is 4.02. The van der Waals surface area contributed by atoms with E-state index in [9.17, 15) is 14.0 Å². The summed E-state index contributed by atoms with van der Waals surface area (Å²) in [6.07, 6.45) is 0. The van der Waals surface area contributed by atoms with Crippen molar-refractivity contribution in [2.24, 2.45) is 5.73 Å². The Hall–Kier alpha value is -2.43. The van der Waals surface area contributed by atoms with Crippen molar-refractivity contribution >= 4 is 17.2 Å². The summed E-state index contributed by atoms with van der Waals surface area (Å²) in [7, 11) is 0. The number of aromatic nitrogens is 1. The van der Waals surface area contributed by atoms with Gasteiger partial charge in [0.05, 0.1) is 18.7 Å². The minimum atomic E-state index is -0.635. The summed E-state index contributed by atoms with van der Waals surface area (Å²) in [6.45, 7) is 0.306. The molecule has 1 aromatic carbocycles. The SMILES string of the molecule is NCC#Cc1ccc(F)c(C(=O)NCc2csc(=O)[nH]2)c1. The van der Waals surface area contributed by atoms with E-state index in [0.29, 0.717) is 11.3 Å². The van der Waals surface area contributed by atoms with Crippen molar-refractivity contribution in [3.63, 3.8) is 0 Å². The number of nitrogens with one attached hydrogen (secondary N) is 2. The van der Waals surface area contributed by atoms with Crippen molar-refractivity contribution in [1.29, 1.82) is 0 Å². The van der Waals surface area contributed by atoms with Gasteiger partial charge in [-0.3, -0.25) is 9.59 Å². The number of halogens is 1. The van der Waals surface area contributed by atoms with Crippen LogP contribution in [0.4, 0.5) is 4.39 Å². The normalized spacial score (nSPS) is 9.81. The molecule has 1 aromatic heterocycles. The summed E-state index contributed by atoms with van der Waals surface area (Å²) in [6, 6.07) is 4.02. The van der Waals surface area contributed by atoms with Crippen LogP contribution < -0.4 is 15.9 Å². The highest BCUT2D eigenvalue weighted by Gasteiger charge is 2.12. The number of H-pyrrole nitrogens is 1. The van der Waals surface area contributed by atoms with E-state index in [-0.39, 0.29) is 23.5 Å². The molecule has 21 heavy (non-hydrogen) atoms. The number of rotatable bonds is 3. The standard InChI is InChI=1S/C14H12FN3O2S/c15-12-4-3-9(2-1-5-16)6-11(12)13(19)17-7-10-8-21-14(20)18-10/h3-4,6,8H,5,7,16H2,(H,17,19)(H,18,20). The van der Waals surface area contributed by atoms with Crippen LogP contribution in [-0.4, -0.2) is 17.4 Å². The minimum absolute atomic E-state index is 0.101. The number of hydrogen-bond donors (Lipinski definition) is 3. The Labute approximate surface area is 124 Å². The highest BCUT2D eigenvalue weighted by molar-refractivity contribution is 7.07. The minimum Gasteiger partial charge on any atom is -0.346 e. The van der Waals surface area contributed by atoms with Gasteiger partial charge in [0.15, 0.2) is 0 Å². The predicted octanol–water partition coefficient (Wildman–Crippen LogP) is 0.816. The topological polar surface area (TPSA) is 88.0 Å². The van der Waals surface area contributed by atoms with Gasteiger partial charge in [-0.2, -0.15) is 0 Å². The van der Waals surface area contributed by atoms with Crippen molar-refractivity contribution in [3.8, 4) is 11.8 Å². The number of hydrogen-bond acceptors (Lipinski definition) is 4. The van der Waals surface area contributed by atoms with Crippen LogP contribution in [0.5, 0.6) is 0 Å². The Bertz CT molecular complexity index is 770. The summed E-state index contributed by atoms with van der Waals surface area (Å²) in [5.74, 6) is 4.16. The molecule has 0 saturated carbocycles. The smallest absolute Gasteiger partial charge is 0.304 e. The maximum absolute atomic E-state index is 13.7. The number of thiazole rings is 1. The van der Waals surface area contributed by atoms with Gasteiger partial charge in [-0.15, -0.1) is 0 Å². The fourth-order valence-corrected chi connectivity index (χ4v) is 2.18. The first-order valence-corrected chi connectivity index (χ1v) is 6.91. The quantitative estimate of drug-likeness (QED) is 0.734. The molecular weight excluding hydrogens is 293 g/mol. The zero-order valence-corrected chi connectivity index (χ0v) is 11.7. The molecule has 0 unspecified atom stereocenters. The molecule has 0 aliphatic rings. The van der Waals surface area contributed by atoms with Crippen LogP contribution in [0.2, 0.25) is 0 Å². The molecule has 0 bridgehead atoms. The molecule has 4 N–H and O–H groups in total. The van der Waals surface area contributed by atoms with E-state index in [1.165, 1.54) is 18.2 Å². The molecular formula is C14H12FN3O2S. The largest absolute Gasteiger partial charge is 0.346 e. The van der Waals surface area contributed by atoms with Gasteiger partial charge < -0.3 is 16.0 Å². The first kappa shape index (κ1) is 15.0. The number of amides is 1. The third-order valence-electron chi connectivity index (χ3n) is 2.56. The molecule has 0 spiro atoms. The second-order valence-corrected chi connectivity index (χ2v) is 4.90. The van der Waals surface area contributed by atoms with Crippen molar-refractivity contribution in [2.45, 2.75) is 6.54 Å². The zero-order valence-electron chi connectivity index (χ0n) is 10.9. The molecule has 0 radical (unpaired) electrons. The maximum Gasteiger partial charge on any atom is 0.304 e. The third-order valence-corrected chi connectivity index (χ3v) is 3.27. The van der Waals surface area contributed by atoms with E-state index in [2.05, 4.69) is 22.1 Å². The zero-order chi connectivity index (χ0) is 15.2. The fourth-order valence-electron chi connectivity index (χ4n) is 1.60. The molecule has 0 aliphatic heterocycles. The van der Waals surface area contributed by atoms with E-state index >= 15 is 0 Å². The lowest BCUT2D eigenvalue weighted by atomic mass is 10.1. The molecule has 1 amide bonds. The number of nitrogens with two attached hydrogens (primary N) is 1. The van der Waals surface area contributed by atoms with Gasteiger partial charge in [-0.05, 0) is 18.2 Å². The van der Waals surface area contributed by atoms with Gasteiger partial charge in [0.1, 0.15) is 5.82 Å². The Morgan fingerprint density at radius 3 is 2.95 bits per heavy atom. The fraction of sp³-hybridized carbons (Fsp3) is 0.143. The molecule has 108 valence electrons. The highest BCUT2D eigenvalue weighted by atomic mass is 32.1. The average molecular weight is 305 g/mol. The van der Waals surface area contributed by atoms with Crippen LogP contribution in [0.15, 0.2) is 28.4 Å². The lowest BCUT2D eigenvalue weighted by Crippen LogP contribution is -2.24. The van der Waals surface area contributed by atoms with E-state index in [1.807, 2.05) is 0 Å². The van der Waals surface area contributed by atoms with Crippen LogP contribution in [0.1, 0.15) is 21.6 Å². The van der Waals surface area contributed by atoms with Gasteiger partial charge in [0.25, 0.3) is 5.91 Å². The summed E-state index contributed by atoms with van der Waals surface area (Å²) in [4.78, 5) is 25.3. The van der Waals surface area contributed by atoms with Crippen molar-refractivity contribution in [2.75, 3.05) is 6.54 Å². The second kappa shape index (κ2) is 6.83. The number of carbonyl (C=O) groups excluding carboxylic acids is 1. The molecule has 2 aromatic rings. The molecule has 7 heteroatoms. The Morgan fingerprint density at radius 1 is 1.48 bits per heavy atom. The van der Waals surface area contributed by atoms with Gasteiger partial charge in [0.2, 0.25) is 0 Å². The van der Waals surface area contributed by atoms with Crippen LogP contribution in [-0.2, 0) is 6.54 Å². The molecule has 1 heterocycles. The highest BCUT2D eigenvalue weighted by Crippen LogP contribution is 2.10. The van der Waals surface area contributed by atoms with Gasteiger partial charge in [-0.25, -0.2) is 4.39 Å². The lowest BCUT2D eigenvalue weighted by Gasteiger charge is -2.05. The number of aromatic amines is 1. The molecule has 0 saturated heterocycles. The van der Waals surface area contributed by atoms with Crippen molar-refractivity contribution in [3.05, 3.63) is 55.9 Å². The van der Waals surface area contributed by atoms with Crippen molar-refractivity contribution < 1.29 is 9.18 Å². The lowest BCUT2D eigenvalue weighted by molar-refractivity contribution is 0.0946. The summed E-state index contributed by atoms with van der Waals surface area (Å²) in [5.41, 5.74) is 6.24. The first-order valence-electron chi connectivity index (χ1n) is 6.03. The summed E-state index contributed by atoms with van der Waals surface area (Å²) in [5, 5.41) is 4.14. The summed E-state index contributed by atoms with van der Waals surface area (Å²) >= 11 is 1.000.